The van der Waals surface area contributed by atoms with Gasteiger partial charge in [0.25, 0.3) is 5.91 Å². The summed E-state index contributed by atoms with van der Waals surface area (Å²) >= 11 is 0. The number of carbonyl (C=O) groups excluding carboxylic acids is 1. The molecule has 25 heavy (non-hydrogen) atoms. The first kappa shape index (κ1) is 16.7. The number of amides is 1. The van der Waals surface area contributed by atoms with Gasteiger partial charge >= 0.3 is 0 Å². The van der Waals surface area contributed by atoms with Crippen molar-refractivity contribution < 1.29 is 4.79 Å². The van der Waals surface area contributed by atoms with Crippen LogP contribution in [-0.2, 0) is 7.05 Å². The molecule has 128 valence electrons. The zero-order valence-electron chi connectivity index (χ0n) is 14.8. The van der Waals surface area contributed by atoms with Gasteiger partial charge in [0.1, 0.15) is 11.6 Å². The van der Waals surface area contributed by atoms with Gasteiger partial charge in [-0.25, -0.2) is 4.98 Å². The van der Waals surface area contributed by atoms with Gasteiger partial charge in [0.2, 0.25) is 0 Å². The predicted octanol–water partition coefficient (Wildman–Crippen LogP) is 3.24. The van der Waals surface area contributed by atoms with Gasteiger partial charge in [0.05, 0.1) is 5.69 Å². The highest BCUT2D eigenvalue weighted by molar-refractivity contribution is 6.04. The van der Waals surface area contributed by atoms with Crippen molar-refractivity contribution in [3.63, 3.8) is 0 Å². The Morgan fingerprint density at radius 3 is 2.32 bits per heavy atom. The summed E-state index contributed by atoms with van der Waals surface area (Å²) < 4.78 is 1.82. The van der Waals surface area contributed by atoms with Crippen LogP contribution >= 0.6 is 0 Å². The first-order valence-corrected chi connectivity index (χ1v) is 8.02. The second-order valence-corrected chi connectivity index (χ2v) is 6.12. The van der Waals surface area contributed by atoms with Crippen molar-refractivity contribution in [1.82, 2.24) is 14.8 Å². The summed E-state index contributed by atoms with van der Waals surface area (Å²) in [4.78, 5) is 16.6. The second-order valence-electron chi connectivity index (χ2n) is 6.12. The van der Waals surface area contributed by atoms with Crippen molar-refractivity contribution in [1.29, 1.82) is 0 Å². The van der Waals surface area contributed by atoms with Crippen LogP contribution in [-0.4, -0.2) is 20.7 Å². The van der Waals surface area contributed by atoms with E-state index in [0.717, 1.165) is 28.1 Å². The number of nitrogens with one attached hydrogen (secondary N) is 1. The topological polar surface area (TPSA) is 85.8 Å². The number of hydrogen-bond donors (Lipinski definition) is 2. The van der Waals surface area contributed by atoms with E-state index in [4.69, 9.17) is 5.73 Å². The summed E-state index contributed by atoms with van der Waals surface area (Å²) in [6.45, 7) is 5.90. The molecule has 1 amide bonds. The van der Waals surface area contributed by atoms with Gasteiger partial charge in [-0.1, -0.05) is 17.7 Å². The van der Waals surface area contributed by atoms with Crippen LogP contribution < -0.4 is 11.1 Å². The Labute approximate surface area is 146 Å². The number of nitrogen functional groups attached to an aromatic ring is 1. The van der Waals surface area contributed by atoms with E-state index in [1.165, 1.54) is 0 Å². The summed E-state index contributed by atoms with van der Waals surface area (Å²) in [7, 11) is 1.89. The number of hydrogen-bond acceptors (Lipinski definition) is 4. The third-order valence-corrected chi connectivity index (χ3v) is 4.26. The Balaban J connectivity index is 1.87. The third-order valence-electron chi connectivity index (χ3n) is 4.26. The van der Waals surface area contributed by atoms with Crippen molar-refractivity contribution in [2.45, 2.75) is 20.8 Å². The lowest BCUT2D eigenvalue weighted by Crippen LogP contribution is -2.13. The molecule has 6 heteroatoms. The van der Waals surface area contributed by atoms with Crippen LogP contribution in [0.2, 0.25) is 0 Å². The Morgan fingerprint density at radius 2 is 1.76 bits per heavy atom. The molecule has 3 N–H and O–H groups in total. The molecule has 0 saturated carbocycles. The maximum Gasteiger partial charge on any atom is 0.256 e. The second kappa shape index (κ2) is 6.39. The quantitative estimate of drug-likeness (QED) is 0.769. The monoisotopic (exact) mass is 335 g/mol. The van der Waals surface area contributed by atoms with Crippen LogP contribution in [0.15, 0.2) is 36.4 Å². The SMILES string of the molecule is Cc1ccc(C(=O)Nc2ccc(-c3c(C)nn(C)c3C)c(N)n2)cc1. The number of rotatable bonds is 3. The lowest BCUT2D eigenvalue weighted by molar-refractivity contribution is 0.102. The Hall–Kier alpha value is -3.15. The highest BCUT2D eigenvalue weighted by atomic mass is 16.1. The third kappa shape index (κ3) is 3.24. The molecular formula is C19H21N5O. The Morgan fingerprint density at radius 1 is 1.08 bits per heavy atom. The molecule has 0 aliphatic carbocycles. The smallest absolute Gasteiger partial charge is 0.256 e. The van der Waals surface area contributed by atoms with E-state index in [-0.39, 0.29) is 5.91 Å². The first-order chi connectivity index (χ1) is 11.9. The van der Waals surface area contributed by atoms with E-state index in [9.17, 15) is 4.79 Å². The van der Waals surface area contributed by atoms with Gasteiger partial charge < -0.3 is 11.1 Å². The predicted molar refractivity (Wildman–Crippen MR) is 99.5 cm³/mol. The summed E-state index contributed by atoms with van der Waals surface area (Å²) in [6.07, 6.45) is 0. The lowest BCUT2D eigenvalue weighted by atomic mass is 10.0. The van der Waals surface area contributed by atoms with E-state index >= 15 is 0 Å². The maximum atomic E-state index is 12.3. The lowest BCUT2D eigenvalue weighted by Gasteiger charge is -2.09. The molecule has 2 heterocycles. The fourth-order valence-electron chi connectivity index (χ4n) is 2.81. The number of nitrogens with zero attached hydrogens (tertiary/aromatic N) is 3. The summed E-state index contributed by atoms with van der Waals surface area (Å²) in [5, 5.41) is 7.19. The highest BCUT2D eigenvalue weighted by Crippen LogP contribution is 2.31. The molecule has 0 fully saturated rings. The first-order valence-electron chi connectivity index (χ1n) is 8.02. The van der Waals surface area contributed by atoms with Crippen molar-refractivity contribution in [2.75, 3.05) is 11.1 Å². The number of nitrogens with two attached hydrogens (primary N) is 1. The van der Waals surface area contributed by atoms with Gasteiger partial charge in [0, 0.05) is 29.4 Å². The van der Waals surface area contributed by atoms with Gasteiger partial charge in [-0.15, -0.1) is 0 Å². The minimum Gasteiger partial charge on any atom is -0.383 e. The fraction of sp³-hybridized carbons (Fsp3) is 0.211. The van der Waals surface area contributed by atoms with E-state index in [0.29, 0.717) is 17.2 Å². The molecule has 2 aromatic heterocycles. The molecule has 0 unspecified atom stereocenters. The maximum absolute atomic E-state index is 12.3. The minimum absolute atomic E-state index is 0.214. The van der Waals surface area contributed by atoms with Crippen LogP contribution in [0.4, 0.5) is 11.6 Å². The van der Waals surface area contributed by atoms with Gasteiger partial charge in [0.15, 0.2) is 0 Å². The van der Waals surface area contributed by atoms with Crippen LogP contribution in [0.3, 0.4) is 0 Å². The molecule has 0 aliphatic heterocycles. The van der Waals surface area contributed by atoms with Crippen LogP contribution in [0, 0.1) is 20.8 Å². The van der Waals surface area contributed by atoms with Gasteiger partial charge in [-0.05, 0) is 45.0 Å². The van der Waals surface area contributed by atoms with Crippen molar-refractivity contribution in [2.24, 2.45) is 7.05 Å². The number of carbonyl (C=O) groups is 1. The molecule has 0 bridgehead atoms. The van der Waals surface area contributed by atoms with Crippen molar-refractivity contribution in [3.8, 4) is 11.1 Å². The standard InChI is InChI=1S/C19H21N5O/c1-11-5-7-14(8-6-11)19(25)22-16-10-9-15(18(20)21-16)17-12(2)23-24(4)13(17)3/h5-10H,1-4H3,(H3,20,21,22,25). The molecule has 0 aliphatic rings. The van der Waals surface area contributed by atoms with Crippen molar-refractivity contribution >= 4 is 17.5 Å². The molecule has 0 radical (unpaired) electrons. The number of benzene rings is 1. The number of anilines is 2. The number of aryl methyl sites for hydroxylation is 3. The highest BCUT2D eigenvalue weighted by Gasteiger charge is 2.16. The molecule has 0 spiro atoms. The molecule has 1 aromatic carbocycles. The van der Waals surface area contributed by atoms with E-state index in [1.807, 2.05) is 50.7 Å². The largest absolute Gasteiger partial charge is 0.383 e. The van der Waals surface area contributed by atoms with Gasteiger partial charge in [-0.2, -0.15) is 5.10 Å². The summed E-state index contributed by atoms with van der Waals surface area (Å²) in [6, 6.07) is 11.0. The van der Waals surface area contributed by atoms with Crippen LogP contribution in [0.1, 0.15) is 27.3 Å². The molecular weight excluding hydrogens is 314 g/mol. The van der Waals surface area contributed by atoms with E-state index in [2.05, 4.69) is 15.4 Å². The van der Waals surface area contributed by atoms with Crippen molar-refractivity contribution in [3.05, 3.63) is 58.9 Å². The molecule has 0 atom stereocenters. The summed E-state index contributed by atoms with van der Waals surface area (Å²) in [5.74, 6) is 0.570. The van der Waals surface area contributed by atoms with Gasteiger partial charge in [-0.3, -0.25) is 9.48 Å². The molecule has 3 aromatic rings. The minimum atomic E-state index is -0.214. The number of aromatic nitrogens is 3. The van der Waals surface area contributed by atoms with Crippen LogP contribution in [0.25, 0.3) is 11.1 Å². The summed E-state index contributed by atoms with van der Waals surface area (Å²) in [5.41, 5.74) is 11.5. The van der Waals surface area contributed by atoms with E-state index < -0.39 is 0 Å². The average molecular weight is 335 g/mol. The Bertz CT molecular complexity index is 941. The zero-order chi connectivity index (χ0) is 18.1. The Kier molecular flexibility index (Phi) is 4.27. The normalized spacial score (nSPS) is 10.7. The molecule has 3 rings (SSSR count). The molecule has 0 saturated heterocycles. The number of pyridine rings is 1. The average Bonchev–Trinajstić information content (AvgIpc) is 2.81. The molecule has 6 nitrogen and oxygen atoms in total. The van der Waals surface area contributed by atoms with E-state index in [1.54, 1.807) is 18.2 Å². The fourth-order valence-corrected chi connectivity index (χ4v) is 2.81. The zero-order valence-corrected chi connectivity index (χ0v) is 14.8. The van der Waals surface area contributed by atoms with Crippen LogP contribution in [0.5, 0.6) is 0 Å².